The zero-order valence-corrected chi connectivity index (χ0v) is 14.2. The first kappa shape index (κ1) is 15.5. The van der Waals surface area contributed by atoms with Crippen LogP contribution in [0, 0.1) is 0 Å². The quantitative estimate of drug-likeness (QED) is 0.705. The van der Waals surface area contributed by atoms with E-state index in [-0.39, 0.29) is 20.9 Å². The fraction of sp³-hybridized carbons (Fsp3) is 0.0526. The van der Waals surface area contributed by atoms with E-state index in [1.165, 1.54) is 0 Å². The molecule has 0 saturated heterocycles. The molecule has 0 aliphatic rings. The summed E-state index contributed by atoms with van der Waals surface area (Å²) in [5.41, 5.74) is 2.61. The normalized spacial score (nSPS) is 10.3. The summed E-state index contributed by atoms with van der Waals surface area (Å²) in [5, 5.41) is 3.83. The molecule has 0 atom stereocenters. The molecule has 23 heavy (non-hydrogen) atoms. The molecule has 0 fully saturated rings. The van der Waals surface area contributed by atoms with Crippen LogP contribution in [0.25, 0.3) is 0 Å². The zero-order valence-electron chi connectivity index (χ0n) is 12.5. The number of carbonyl (C=O) groups is 1. The Hall–Kier alpha value is -2.42. The second-order valence-corrected chi connectivity index (χ2v) is 7.06. The molecular weight excluding hydrogens is 351 g/mol. The van der Waals surface area contributed by atoms with Crippen molar-refractivity contribution < 1.29 is 4.79 Å². The van der Waals surface area contributed by atoms with E-state index in [4.69, 9.17) is 0 Å². The Morgan fingerprint density at radius 3 is 2.43 bits per heavy atom. The van der Waals surface area contributed by atoms with Gasteiger partial charge in [0.05, 0.1) is 0 Å². The van der Waals surface area contributed by atoms with Gasteiger partial charge >= 0.3 is 142 Å². The summed E-state index contributed by atoms with van der Waals surface area (Å²) in [5.74, 6) is -0.0605. The summed E-state index contributed by atoms with van der Waals surface area (Å²) < 4.78 is 1.10. The molecule has 0 bridgehead atoms. The second-order valence-electron chi connectivity index (χ2n) is 4.93. The molecular formula is C19H16N2OSe. The zero-order chi connectivity index (χ0) is 15.9. The van der Waals surface area contributed by atoms with E-state index in [2.05, 4.69) is 10.3 Å². The molecule has 3 nitrogen and oxygen atoms in total. The standard InChI is InChI=1S/C19H16N2OSe/c22-19(21-15-8-2-1-3-9-15)17-11-4-5-12-18(17)23-14-16-10-6-7-13-20-16/h1-13H,14H2,(H,21,22). The van der Waals surface area contributed by atoms with E-state index in [0.717, 1.165) is 26.7 Å². The molecule has 0 aliphatic carbocycles. The molecule has 0 radical (unpaired) electrons. The van der Waals surface area contributed by atoms with Crippen molar-refractivity contribution in [2.24, 2.45) is 0 Å². The molecule has 114 valence electrons. The first-order chi connectivity index (χ1) is 11.3. The first-order valence-corrected chi connectivity index (χ1v) is 9.38. The molecule has 0 aliphatic heterocycles. The van der Waals surface area contributed by atoms with Crippen LogP contribution in [0.2, 0.25) is 0 Å². The van der Waals surface area contributed by atoms with Gasteiger partial charge in [-0.3, -0.25) is 0 Å². The number of hydrogen-bond acceptors (Lipinski definition) is 2. The van der Waals surface area contributed by atoms with Crippen LogP contribution in [0.3, 0.4) is 0 Å². The maximum absolute atomic E-state index is 12.5. The van der Waals surface area contributed by atoms with Crippen molar-refractivity contribution in [3.05, 3.63) is 90.3 Å². The van der Waals surface area contributed by atoms with Gasteiger partial charge in [-0.1, -0.05) is 0 Å². The van der Waals surface area contributed by atoms with Crippen LogP contribution < -0.4 is 9.78 Å². The number of para-hydroxylation sites is 1. The van der Waals surface area contributed by atoms with Crippen LogP contribution in [-0.2, 0) is 5.32 Å². The SMILES string of the molecule is O=C(Nc1ccccc1)c1ccccc1[Se]Cc1ccccn1. The van der Waals surface area contributed by atoms with Crippen molar-refractivity contribution in [2.75, 3.05) is 5.32 Å². The first-order valence-electron chi connectivity index (χ1n) is 7.31. The molecule has 3 rings (SSSR count). The van der Waals surface area contributed by atoms with Gasteiger partial charge in [-0.2, -0.15) is 0 Å². The number of nitrogens with one attached hydrogen (secondary N) is 1. The Bertz CT molecular complexity index is 776. The van der Waals surface area contributed by atoms with Gasteiger partial charge in [-0.05, 0) is 0 Å². The fourth-order valence-electron chi connectivity index (χ4n) is 2.14. The minimum atomic E-state index is -0.0605. The maximum atomic E-state index is 12.5. The predicted molar refractivity (Wildman–Crippen MR) is 94.2 cm³/mol. The third-order valence-corrected chi connectivity index (χ3v) is 5.59. The van der Waals surface area contributed by atoms with Gasteiger partial charge in [0.15, 0.2) is 0 Å². The summed E-state index contributed by atoms with van der Waals surface area (Å²) in [7, 11) is 0. The Labute approximate surface area is 141 Å². The van der Waals surface area contributed by atoms with Gasteiger partial charge < -0.3 is 0 Å². The molecule has 0 spiro atoms. The Morgan fingerprint density at radius 2 is 1.65 bits per heavy atom. The van der Waals surface area contributed by atoms with Crippen molar-refractivity contribution >= 4 is 31.0 Å². The molecule has 1 amide bonds. The summed E-state index contributed by atoms with van der Waals surface area (Å²) in [6.07, 6.45) is 1.80. The number of amides is 1. The molecule has 1 heterocycles. The second kappa shape index (κ2) is 7.72. The van der Waals surface area contributed by atoms with E-state index in [0.29, 0.717) is 0 Å². The monoisotopic (exact) mass is 368 g/mol. The predicted octanol–water partition coefficient (Wildman–Crippen LogP) is 2.86. The molecule has 3 aromatic rings. The van der Waals surface area contributed by atoms with Crippen molar-refractivity contribution in [1.29, 1.82) is 0 Å². The number of benzene rings is 2. The van der Waals surface area contributed by atoms with E-state index in [9.17, 15) is 4.79 Å². The number of carbonyl (C=O) groups excluding carboxylic acids is 1. The van der Waals surface area contributed by atoms with Gasteiger partial charge in [0.1, 0.15) is 0 Å². The Balaban J connectivity index is 1.73. The van der Waals surface area contributed by atoms with E-state index < -0.39 is 0 Å². The molecule has 0 saturated carbocycles. The van der Waals surface area contributed by atoms with Gasteiger partial charge in [-0.15, -0.1) is 0 Å². The van der Waals surface area contributed by atoms with Gasteiger partial charge in [0, 0.05) is 0 Å². The number of nitrogens with zero attached hydrogens (tertiary/aromatic N) is 1. The summed E-state index contributed by atoms with van der Waals surface area (Å²) in [6.45, 7) is 0. The summed E-state index contributed by atoms with van der Waals surface area (Å²) >= 11 is 0.166. The van der Waals surface area contributed by atoms with Gasteiger partial charge in [-0.25, -0.2) is 0 Å². The van der Waals surface area contributed by atoms with Crippen LogP contribution in [0.15, 0.2) is 79.0 Å². The summed E-state index contributed by atoms with van der Waals surface area (Å²) in [6, 6.07) is 23.3. The number of rotatable bonds is 5. The third kappa shape index (κ3) is 4.28. The summed E-state index contributed by atoms with van der Waals surface area (Å²) in [4.78, 5) is 16.9. The van der Waals surface area contributed by atoms with Crippen LogP contribution in [0.1, 0.15) is 16.1 Å². The average Bonchev–Trinajstić information content (AvgIpc) is 2.62. The van der Waals surface area contributed by atoms with E-state index >= 15 is 0 Å². The van der Waals surface area contributed by atoms with Gasteiger partial charge in [0.25, 0.3) is 0 Å². The average molecular weight is 367 g/mol. The number of aromatic nitrogens is 1. The third-order valence-electron chi connectivity index (χ3n) is 3.27. The van der Waals surface area contributed by atoms with Crippen LogP contribution in [-0.4, -0.2) is 25.8 Å². The van der Waals surface area contributed by atoms with E-state index in [1.54, 1.807) is 6.20 Å². The topological polar surface area (TPSA) is 42.0 Å². The van der Waals surface area contributed by atoms with Crippen molar-refractivity contribution in [3.8, 4) is 0 Å². The number of pyridine rings is 1. The van der Waals surface area contributed by atoms with Crippen molar-refractivity contribution in [3.63, 3.8) is 0 Å². The Kier molecular flexibility index (Phi) is 5.20. The van der Waals surface area contributed by atoms with E-state index in [1.807, 2.05) is 72.8 Å². The molecule has 0 unspecified atom stereocenters. The Morgan fingerprint density at radius 1 is 0.913 bits per heavy atom. The molecule has 1 N–H and O–H groups in total. The van der Waals surface area contributed by atoms with Gasteiger partial charge in [0.2, 0.25) is 0 Å². The van der Waals surface area contributed by atoms with Crippen LogP contribution in [0.5, 0.6) is 0 Å². The molecule has 1 aromatic heterocycles. The molecule has 2 aromatic carbocycles. The number of hydrogen-bond donors (Lipinski definition) is 1. The van der Waals surface area contributed by atoms with Crippen LogP contribution in [0.4, 0.5) is 5.69 Å². The van der Waals surface area contributed by atoms with Crippen molar-refractivity contribution in [2.45, 2.75) is 5.32 Å². The minimum absolute atomic E-state index is 0.0605. The molecule has 4 heteroatoms. The van der Waals surface area contributed by atoms with Crippen LogP contribution >= 0.6 is 0 Å². The number of anilines is 1. The van der Waals surface area contributed by atoms with Crippen molar-refractivity contribution in [1.82, 2.24) is 4.98 Å². The fourth-order valence-corrected chi connectivity index (χ4v) is 4.16.